The van der Waals surface area contributed by atoms with Crippen molar-refractivity contribution in [3.8, 4) is 0 Å². The Labute approximate surface area is 121 Å². The summed E-state index contributed by atoms with van der Waals surface area (Å²) in [5.41, 5.74) is 1.45. The molecule has 1 N–H and O–H groups in total. The van der Waals surface area contributed by atoms with Crippen LogP contribution in [0.1, 0.15) is 15.9 Å². The van der Waals surface area contributed by atoms with Gasteiger partial charge in [0.05, 0.1) is 17.2 Å². The molecule has 108 valence electrons. The van der Waals surface area contributed by atoms with Crippen LogP contribution in [0.3, 0.4) is 0 Å². The maximum Gasteiger partial charge on any atom is 0.491 e. The molecule has 0 saturated heterocycles. The van der Waals surface area contributed by atoms with Gasteiger partial charge in [0.2, 0.25) is 0 Å². The van der Waals surface area contributed by atoms with Crippen LogP contribution >= 0.6 is 11.6 Å². The third-order valence-corrected chi connectivity index (χ3v) is 3.30. The Kier molecular flexibility index (Phi) is 5.01. The van der Waals surface area contributed by atoms with E-state index in [1.165, 1.54) is 20.3 Å². The zero-order valence-corrected chi connectivity index (χ0v) is 11.8. The molecule has 0 amide bonds. The van der Waals surface area contributed by atoms with E-state index in [0.717, 1.165) is 5.56 Å². The average Bonchev–Trinajstić information content (AvgIpc) is 2.79. The first-order chi connectivity index (χ1) is 9.56. The minimum atomic E-state index is -1.04. The Bertz CT molecular complexity index is 505. The summed E-state index contributed by atoms with van der Waals surface area (Å²) in [6.45, 7) is 0.208. The highest BCUT2D eigenvalue weighted by atomic mass is 35.5. The van der Waals surface area contributed by atoms with Gasteiger partial charge in [-0.25, -0.2) is 4.79 Å². The molecule has 0 fully saturated rings. The summed E-state index contributed by atoms with van der Waals surface area (Å²) in [5, 5.41) is 9.86. The van der Waals surface area contributed by atoms with Crippen molar-refractivity contribution in [1.29, 1.82) is 0 Å². The third-order valence-electron chi connectivity index (χ3n) is 2.99. The number of halogens is 1. The van der Waals surface area contributed by atoms with Crippen molar-refractivity contribution in [3.05, 3.63) is 28.3 Å². The second-order valence-corrected chi connectivity index (χ2v) is 4.60. The van der Waals surface area contributed by atoms with Crippen molar-refractivity contribution in [3.63, 3.8) is 0 Å². The molecule has 1 aromatic rings. The number of methoxy groups -OCH3 is 2. The summed E-state index contributed by atoms with van der Waals surface area (Å²) < 4.78 is 19.9. The van der Waals surface area contributed by atoms with Crippen LogP contribution in [-0.2, 0) is 25.5 Å². The molecule has 1 aliphatic heterocycles. The number of fused-ring (bicyclic) bond motifs is 1. The number of hydrogen-bond donors (Lipinski definition) is 1. The summed E-state index contributed by atoms with van der Waals surface area (Å²) in [6.07, 6.45) is -0.638. The Morgan fingerprint density at radius 2 is 2.20 bits per heavy atom. The van der Waals surface area contributed by atoms with Crippen LogP contribution in [0, 0.1) is 0 Å². The molecule has 0 bridgehead atoms. The molecule has 8 heteroatoms. The van der Waals surface area contributed by atoms with Crippen molar-refractivity contribution in [2.75, 3.05) is 20.8 Å². The number of hydrogen-bond acceptors (Lipinski definition) is 6. The second kappa shape index (κ2) is 6.56. The van der Waals surface area contributed by atoms with E-state index in [9.17, 15) is 9.82 Å². The second-order valence-electron chi connectivity index (χ2n) is 4.19. The van der Waals surface area contributed by atoms with Gasteiger partial charge in [0, 0.05) is 14.2 Å². The summed E-state index contributed by atoms with van der Waals surface area (Å²) >= 11 is 6.03. The van der Waals surface area contributed by atoms with Gasteiger partial charge in [0.1, 0.15) is 6.61 Å². The predicted molar refractivity (Wildman–Crippen MR) is 71.9 cm³/mol. The molecule has 0 spiro atoms. The van der Waals surface area contributed by atoms with Crippen LogP contribution in [0.5, 0.6) is 0 Å². The minimum absolute atomic E-state index is 0.0572. The van der Waals surface area contributed by atoms with Crippen molar-refractivity contribution < 1.29 is 28.7 Å². The molecule has 1 aliphatic rings. The molecule has 0 unspecified atom stereocenters. The number of carbonyl (C=O) groups is 1. The zero-order chi connectivity index (χ0) is 14.7. The molecule has 6 nitrogen and oxygen atoms in total. The van der Waals surface area contributed by atoms with Crippen molar-refractivity contribution in [1.82, 2.24) is 0 Å². The van der Waals surface area contributed by atoms with Crippen LogP contribution < -0.4 is 5.46 Å². The number of benzene rings is 1. The first-order valence-corrected chi connectivity index (χ1v) is 6.29. The molecular formula is C12H14BClO6. The van der Waals surface area contributed by atoms with Gasteiger partial charge in [-0.05, 0) is 23.2 Å². The quantitative estimate of drug-likeness (QED) is 0.480. The van der Waals surface area contributed by atoms with E-state index >= 15 is 0 Å². The van der Waals surface area contributed by atoms with E-state index in [1.54, 1.807) is 6.07 Å². The maximum absolute atomic E-state index is 12.0. The van der Waals surface area contributed by atoms with Crippen molar-refractivity contribution in [2.24, 2.45) is 0 Å². The van der Waals surface area contributed by atoms with Crippen molar-refractivity contribution >= 4 is 30.2 Å². The van der Waals surface area contributed by atoms with Crippen LogP contribution in [0.15, 0.2) is 12.1 Å². The molecule has 0 atom stereocenters. The van der Waals surface area contributed by atoms with Crippen molar-refractivity contribution in [2.45, 2.75) is 12.9 Å². The summed E-state index contributed by atoms with van der Waals surface area (Å²) in [5.74, 6) is -0.615. The third kappa shape index (κ3) is 3.13. The fraction of sp³-hybridized carbons (Fsp3) is 0.417. The fourth-order valence-electron chi connectivity index (χ4n) is 1.85. The number of rotatable bonds is 5. The average molecular weight is 301 g/mol. The van der Waals surface area contributed by atoms with E-state index in [4.69, 9.17) is 30.5 Å². The van der Waals surface area contributed by atoms with Crippen LogP contribution in [0.25, 0.3) is 0 Å². The van der Waals surface area contributed by atoms with Gasteiger partial charge in [0.25, 0.3) is 0 Å². The lowest BCUT2D eigenvalue weighted by Crippen LogP contribution is -2.29. The Morgan fingerprint density at radius 3 is 2.85 bits per heavy atom. The van der Waals surface area contributed by atoms with Gasteiger partial charge in [-0.2, -0.15) is 0 Å². The Balaban J connectivity index is 2.12. The number of esters is 1. The van der Waals surface area contributed by atoms with E-state index < -0.39 is 19.4 Å². The lowest BCUT2D eigenvalue weighted by atomic mass is 9.79. The predicted octanol–water partition coefficient (Wildman–Crippen LogP) is 0.333. The molecule has 20 heavy (non-hydrogen) atoms. The molecule has 0 radical (unpaired) electrons. The van der Waals surface area contributed by atoms with Gasteiger partial charge < -0.3 is 23.9 Å². The van der Waals surface area contributed by atoms with Gasteiger partial charge in [0.15, 0.2) is 6.29 Å². The molecule has 0 saturated carbocycles. The standard InChI is InChI=1S/C12H14BClO6/c1-17-11(18-2)6-19-12(15)8-4-9-7(3-10(8)14)5-20-13(9)16/h3-4,11,16H,5-6H2,1-2H3. The van der Waals surface area contributed by atoms with Gasteiger partial charge >= 0.3 is 13.1 Å². The Hall–Kier alpha value is -1.12. The molecule has 0 aliphatic carbocycles. The van der Waals surface area contributed by atoms with Crippen LogP contribution in [0.2, 0.25) is 5.02 Å². The maximum atomic E-state index is 12.0. The summed E-state index contributed by atoms with van der Waals surface area (Å²) in [7, 11) is 1.84. The van der Waals surface area contributed by atoms with E-state index in [1.807, 2.05) is 0 Å². The number of ether oxygens (including phenoxy) is 3. The highest BCUT2D eigenvalue weighted by Gasteiger charge is 2.30. The highest BCUT2D eigenvalue weighted by molar-refractivity contribution is 6.61. The normalized spacial score (nSPS) is 13.8. The molecule has 1 heterocycles. The molecule has 2 rings (SSSR count). The number of carbonyl (C=O) groups excluding carboxylic acids is 1. The lowest BCUT2D eigenvalue weighted by Gasteiger charge is -2.14. The first kappa shape index (κ1) is 15.3. The first-order valence-electron chi connectivity index (χ1n) is 5.91. The fourth-order valence-corrected chi connectivity index (χ4v) is 2.12. The zero-order valence-electron chi connectivity index (χ0n) is 11.1. The van der Waals surface area contributed by atoms with E-state index in [-0.39, 0.29) is 23.8 Å². The Morgan fingerprint density at radius 1 is 1.50 bits per heavy atom. The van der Waals surface area contributed by atoms with E-state index in [0.29, 0.717) is 5.46 Å². The SMILES string of the molecule is COC(COC(=O)c1cc2c(cc1Cl)COB2O)OC. The topological polar surface area (TPSA) is 74.2 Å². The summed E-state index contributed by atoms with van der Waals surface area (Å²) in [6, 6.07) is 3.07. The van der Waals surface area contributed by atoms with Gasteiger partial charge in [-0.15, -0.1) is 0 Å². The largest absolute Gasteiger partial charge is 0.491 e. The monoisotopic (exact) mass is 300 g/mol. The van der Waals surface area contributed by atoms with Crippen LogP contribution in [0.4, 0.5) is 0 Å². The molecule has 1 aromatic carbocycles. The smallest absolute Gasteiger partial charge is 0.457 e. The minimum Gasteiger partial charge on any atom is -0.457 e. The summed E-state index contributed by atoms with van der Waals surface area (Å²) in [4.78, 5) is 12.0. The highest BCUT2D eigenvalue weighted by Crippen LogP contribution is 2.21. The van der Waals surface area contributed by atoms with Crippen LogP contribution in [-0.4, -0.2) is 45.2 Å². The van der Waals surface area contributed by atoms with E-state index in [2.05, 4.69) is 0 Å². The van der Waals surface area contributed by atoms with Gasteiger partial charge in [-0.1, -0.05) is 11.6 Å². The van der Waals surface area contributed by atoms with Gasteiger partial charge in [-0.3, -0.25) is 0 Å². The molecule has 0 aromatic heterocycles. The lowest BCUT2D eigenvalue weighted by molar-refractivity contribution is -0.129. The molecular weight excluding hydrogens is 286 g/mol.